The van der Waals surface area contributed by atoms with Gasteiger partial charge < -0.3 is 10.0 Å². The van der Waals surface area contributed by atoms with Gasteiger partial charge in [0.15, 0.2) is 5.69 Å². The van der Waals surface area contributed by atoms with E-state index < -0.39 is 6.10 Å². The quantitative estimate of drug-likeness (QED) is 0.926. The smallest absolute Gasteiger partial charge is 0.273 e. The molecule has 2 aromatic rings. The van der Waals surface area contributed by atoms with Crippen molar-refractivity contribution in [3.05, 3.63) is 47.3 Å². The molecule has 1 heterocycles. The Hall–Kier alpha value is -2.65. The monoisotopic (exact) mass is 284 g/mol. The van der Waals surface area contributed by atoms with Crippen molar-refractivity contribution < 1.29 is 9.90 Å². The highest BCUT2D eigenvalue weighted by Gasteiger charge is 2.15. The van der Waals surface area contributed by atoms with Gasteiger partial charge in [0, 0.05) is 25.9 Å². The molecule has 0 aliphatic heterocycles. The van der Waals surface area contributed by atoms with Gasteiger partial charge in [-0.1, -0.05) is 6.07 Å². The molecule has 108 valence electrons. The van der Waals surface area contributed by atoms with Crippen LogP contribution >= 0.6 is 0 Å². The number of carbonyl (C=O) groups excluding carboxylic acids is 1. The van der Waals surface area contributed by atoms with E-state index in [1.807, 2.05) is 0 Å². The molecule has 6 nitrogen and oxygen atoms in total. The molecule has 0 spiro atoms. The number of aliphatic hydroxyl groups is 1. The first kappa shape index (κ1) is 14.8. The van der Waals surface area contributed by atoms with Crippen LogP contribution in [0.1, 0.15) is 34.6 Å². The Morgan fingerprint density at radius 1 is 1.43 bits per heavy atom. The van der Waals surface area contributed by atoms with Crippen molar-refractivity contribution in [1.29, 1.82) is 5.26 Å². The van der Waals surface area contributed by atoms with Gasteiger partial charge in [0.2, 0.25) is 0 Å². The molecule has 0 bridgehead atoms. The lowest BCUT2D eigenvalue weighted by molar-refractivity contribution is 0.0821. The van der Waals surface area contributed by atoms with Gasteiger partial charge in [-0.3, -0.25) is 4.79 Å². The highest BCUT2D eigenvalue weighted by Crippen LogP contribution is 2.22. The lowest BCUT2D eigenvalue weighted by atomic mass is 10.1. The second-order valence-corrected chi connectivity index (χ2v) is 4.91. The van der Waals surface area contributed by atoms with Crippen molar-refractivity contribution in [2.45, 2.75) is 13.0 Å². The molecule has 0 saturated heterocycles. The minimum absolute atomic E-state index is 0.205. The van der Waals surface area contributed by atoms with E-state index >= 15 is 0 Å². The van der Waals surface area contributed by atoms with Crippen molar-refractivity contribution in [2.75, 3.05) is 14.1 Å². The standard InChI is InChI=1S/C15H16N4O2/c1-10(20)12-5-4-11(9-16)8-14(12)19-7-6-13(17-19)15(21)18(2)3/h4-8,10,20H,1-3H3/t10-/m0/s1. The molecule has 0 radical (unpaired) electrons. The van der Waals surface area contributed by atoms with Crippen molar-refractivity contribution in [3.8, 4) is 11.8 Å². The van der Waals surface area contributed by atoms with E-state index in [-0.39, 0.29) is 5.91 Å². The molecular formula is C15H16N4O2. The summed E-state index contributed by atoms with van der Waals surface area (Å²) in [4.78, 5) is 13.3. The van der Waals surface area contributed by atoms with E-state index in [0.717, 1.165) is 0 Å². The largest absolute Gasteiger partial charge is 0.389 e. The fourth-order valence-corrected chi connectivity index (χ4v) is 1.97. The Bertz CT molecular complexity index is 711. The van der Waals surface area contributed by atoms with E-state index in [1.165, 1.54) is 9.58 Å². The topological polar surface area (TPSA) is 82.1 Å². The second kappa shape index (κ2) is 5.77. The Kier molecular flexibility index (Phi) is 4.05. The molecule has 1 aromatic carbocycles. The number of aromatic nitrogens is 2. The number of aliphatic hydroxyl groups excluding tert-OH is 1. The fraction of sp³-hybridized carbons (Fsp3) is 0.267. The van der Waals surface area contributed by atoms with Gasteiger partial charge in [0.1, 0.15) is 0 Å². The molecular weight excluding hydrogens is 268 g/mol. The van der Waals surface area contributed by atoms with Crippen LogP contribution in [0.5, 0.6) is 0 Å². The summed E-state index contributed by atoms with van der Waals surface area (Å²) in [5.41, 5.74) is 1.99. The molecule has 6 heteroatoms. The number of carbonyl (C=O) groups is 1. The Balaban J connectivity index is 2.51. The van der Waals surface area contributed by atoms with Gasteiger partial charge in [-0.25, -0.2) is 4.68 Å². The van der Waals surface area contributed by atoms with Gasteiger partial charge in [-0.15, -0.1) is 0 Å². The number of hydrogen-bond acceptors (Lipinski definition) is 4. The Morgan fingerprint density at radius 2 is 2.14 bits per heavy atom. The van der Waals surface area contributed by atoms with Crippen LogP contribution < -0.4 is 0 Å². The summed E-state index contributed by atoms with van der Waals surface area (Å²) in [6.07, 6.45) is 0.934. The maximum atomic E-state index is 11.9. The first-order chi connectivity index (χ1) is 9.93. The molecule has 1 amide bonds. The predicted octanol–water partition coefficient (Wildman–Crippen LogP) is 1.50. The molecule has 0 aliphatic carbocycles. The van der Waals surface area contributed by atoms with Crippen LogP contribution in [-0.2, 0) is 0 Å². The maximum Gasteiger partial charge on any atom is 0.273 e. The highest BCUT2D eigenvalue weighted by molar-refractivity contribution is 5.91. The van der Waals surface area contributed by atoms with Crippen LogP contribution in [0.25, 0.3) is 5.69 Å². The molecule has 0 saturated carbocycles. The first-order valence-corrected chi connectivity index (χ1v) is 6.44. The van der Waals surface area contributed by atoms with E-state index in [1.54, 1.807) is 51.5 Å². The maximum absolute atomic E-state index is 11.9. The number of benzene rings is 1. The molecule has 21 heavy (non-hydrogen) atoms. The first-order valence-electron chi connectivity index (χ1n) is 6.44. The zero-order valence-electron chi connectivity index (χ0n) is 12.1. The van der Waals surface area contributed by atoms with Crippen LogP contribution in [0.2, 0.25) is 0 Å². The van der Waals surface area contributed by atoms with Gasteiger partial charge >= 0.3 is 0 Å². The summed E-state index contributed by atoms with van der Waals surface area (Å²) in [5, 5.41) is 23.1. The van der Waals surface area contributed by atoms with Crippen LogP contribution in [0, 0.1) is 11.3 Å². The van der Waals surface area contributed by atoms with E-state index in [0.29, 0.717) is 22.5 Å². The number of hydrogen-bond donors (Lipinski definition) is 1. The average molecular weight is 284 g/mol. The lowest BCUT2D eigenvalue weighted by Crippen LogP contribution is -2.22. The summed E-state index contributed by atoms with van der Waals surface area (Å²) >= 11 is 0. The van der Waals surface area contributed by atoms with Crippen LogP contribution in [0.15, 0.2) is 30.5 Å². The minimum Gasteiger partial charge on any atom is -0.389 e. The Labute approximate surface area is 122 Å². The molecule has 0 fully saturated rings. The van der Waals surface area contributed by atoms with Crippen LogP contribution in [0.4, 0.5) is 0 Å². The number of nitrogens with zero attached hydrogens (tertiary/aromatic N) is 4. The van der Waals surface area contributed by atoms with Gasteiger partial charge in [-0.05, 0) is 25.1 Å². The minimum atomic E-state index is -0.704. The summed E-state index contributed by atoms with van der Waals surface area (Å²) in [6, 6.07) is 8.62. The van der Waals surface area contributed by atoms with Crippen molar-refractivity contribution in [3.63, 3.8) is 0 Å². The summed E-state index contributed by atoms with van der Waals surface area (Å²) in [7, 11) is 3.30. The molecule has 1 aromatic heterocycles. The van der Waals surface area contributed by atoms with Gasteiger partial charge in [0.05, 0.1) is 23.4 Å². The molecule has 1 atom stereocenters. The summed E-state index contributed by atoms with van der Waals surface area (Å²) < 4.78 is 1.50. The van der Waals surface area contributed by atoms with Crippen molar-refractivity contribution in [2.24, 2.45) is 0 Å². The predicted molar refractivity (Wildman–Crippen MR) is 76.9 cm³/mol. The Morgan fingerprint density at radius 3 is 2.71 bits per heavy atom. The fourth-order valence-electron chi connectivity index (χ4n) is 1.97. The zero-order valence-corrected chi connectivity index (χ0v) is 12.1. The molecule has 1 N–H and O–H groups in total. The third kappa shape index (κ3) is 2.93. The third-order valence-electron chi connectivity index (χ3n) is 3.07. The van der Waals surface area contributed by atoms with Gasteiger partial charge in [0.25, 0.3) is 5.91 Å². The van der Waals surface area contributed by atoms with Crippen molar-refractivity contribution in [1.82, 2.24) is 14.7 Å². The normalized spacial score (nSPS) is 11.8. The summed E-state index contributed by atoms with van der Waals surface area (Å²) in [6.45, 7) is 1.64. The van der Waals surface area contributed by atoms with Gasteiger partial charge in [-0.2, -0.15) is 10.4 Å². The number of rotatable bonds is 3. The average Bonchev–Trinajstić information content (AvgIpc) is 2.95. The van der Waals surface area contributed by atoms with E-state index in [4.69, 9.17) is 5.26 Å². The number of nitriles is 1. The summed E-state index contributed by atoms with van der Waals surface area (Å²) in [5.74, 6) is -0.205. The van der Waals surface area contributed by atoms with Crippen LogP contribution in [-0.4, -0.2) is 39.8 Å². The van der Waals surface area contributed by atoms with Crippen molar-refractivity contribution >= 4 is 5.91 Å². The highest BCUT2D eigenvalue weighted by atomic mass is 16.3. The van der Waals surface area contributed by atoms with E-state index in [9.17, 15) is 9.90 Å². The molecule has 0 unspecified atom stereocenters. The molecule has 0 aliphatic rings. The molecule has 2 rings (SSSR count). The number of amides is 1. The lowest BCUT2D eigenvalue weighted by Gasteiger charge is -2.12. The second-order valence-electron chi connectivity index (χ2n) is 4.91. The van der Waals surface area contributed by atoms with Crippen LogP contribution in [0.3, 0.4) is 0 Å². The third-order valence-corrected chi connectivity index (χ3v) is 3.07. The van der Waals surface area contributed by atoms with E-state index in [2.05, 4.69) is 11.2 Å². The zero-order chi connectivity index (χ0) is 15.6. The SMILES string of the molecule is C[C@H](O)c1ccc(C#N)cc1-n1ccc(C(=O)N(C)C)n1.